The summed E-state index contributed by atoms with van der Waals surface area (Å²) in [6.45, 7) is 6.18. The molecule has 0 aliphatic rings. The molecule has 0 aliphatic heterocycles. The van der Waals surface area contributed by atoms with Gasteiger partial charge in [0.15, 0.2) is 0 Å². The van der Waals surface area contributed by atoms with Gasteiger partial charge >= 0.3 is 0 Å². The average molecular weight is 254 g/mol. The van der Waals surface area contributed by atoms with E-state index in [4.69, 9.17) is 0 Å². The first kappa shape index (κ1) is 13.7. The Hall–Kier alpha value is -1.36. The maximum absolute atomic E-state index is 13.7. The molecule has 0 spiro atoms. The van der Waals surface area contributed by atoms with Gasteiger partial charge in [-0.05, 0) is 25.8 Å². The van der Waals surface area contributed by atoms with Crippen molar-refractivity contribution in [2.24, 2.45) is 4.99 Å². The van der Waals surface area contributed by atoms with E-state index >= 15 is 0 Å². The number of carbonyl (C=O) groups is 1. The Morgan fingerprint density at radius 3 is 2.76 bits per heavy atom. The predicted octanol–water partition coefficient (Wildman–Crippen LogP) is 2.55. The maximum Gasteiger partial charge on any atom is 0.256 e. The van der Waals surface area contributed by atoms with Crippen molar-refractivity contribution in [1.82, 2.24) is 4.90 Å². The Kier molecular flexibility index (Phi) is 5.15. The van der Waals surface area contributed by atoms with Gasteiger partial charge in [-0.3, -0.25) is 9.79 Å². The zero-order valence-corrected chi connectivity index (χ0v) is 10.6. The summed E-state index contributed by atoms with van der Waals surface area (Å²) in [6, 6.07) is 4.20. The van der Waals surface area contributed by atoms with E-state index in [9.17, 15) is 9.18 Å². The van der Waals surface area contributed by atoms with Crippen LogP contribution >= 0.6 is 12.6 Å². The van der Waals surface area contributed by atoms with E-state index in [1.54, 1.807) is 11.0 Å². The fourth-order valence-corrected chi connectivity index (χ4v) is 1.71. The van der Waals surface area contributed by atoms with Crippen LogP contribution in [0.4, 0.5) is 10.1 Å². The molecule has 92 valence electrons. The van der Waals surface area contributed by atoms with Crippen LogP contribution in [0.1, 0.15) is 17.3 Å². The van der Waals surface area contributed by atoms with Crippen LogP contribution in [0.5, 0.6) is 0 Å². The summed E-state index contributed by atoms with van der Waals surface area (Å²) in [5.74, 6) is -0.347. The van der Waals surface area contributed by atoms with Crippen LogP contribution in [-0.4, -0.2) is 36.4 Å². The molecule has 1 rings (SSSR count). The van der Waals surface area contributed by atoms with Gasteiger partial charge in [-0.15, -0.1) is 0 Å². The van der Waals surface area contributed by atoms with Crippen molar-refractivity contribution in [3.05, 3.63) is 29.6 Å². The smallest absolute Gasteiger partial charge is 0.256 e. The van der Waals surface area contributed by atoms with Crippen LogP contribution in [-0.2, 0) is 0 Å². The van der Waals surface area contributed by atoms with Crippen LogP contribution in [0.2, 0.25) is 0 Å². The van der Waals surface area contributed by atoms with E-state index in [0.717, 1.165) is 0 Å². The highest BCUT2D eigenvalue weighted by molar-refractivity contribution is 7.80. The molecular formula is C12H15FN2OS. The normalized spacial score (nSPS) is 10.1. The molecule has 0 bridgehead atoms. The quantitative estimate of drug-likeness (QED) is 0.635. The average Bonchev–Trinajstić information content (AvgIpc) is 2.35. The fourth-order valence-electron chi connectivity index (χ4n) is 1.47. The first-order chi connectivity index (χ1) is 8.13. The minimum atomic E-state index is -0.572. The van der Waals surface area contributed by atoms with Gasteiger partial charge in [0.1, 0.15) is 5.82 Å². The lowest BCUT2D eigenvalue weighted by Gasteiger charge is -2.20. The van der Waals surface area contributed by atoms with Gasteiger partial charge in [0, 0.05) is 24.9 Å². The Morgan fingerprint density at radius 1 is 1.59 bits per heavy atom. The highest BCUT2D eigenvalue weighted by Gasteiger charge is 2.17. The van der Waals surface area contributed by atoms with Crippen LogP contribution < -0.4 is 0 Å². The monoisotopic (exact) mass is 254 g/mol. The first-order valence-corrected chi connectivity index (χ1v) is 5.93. The summed E-state index contributed by atoms with van der Waals surface area (Å²) >= 11 is 4.07. The van der Waals surface area contributed by atoms with E-state index in [-0.39, 0.29) is 11.5 Å². The molecule has 0 atom stereocenters. The molecule has 17 heavy (non-hydrogen) atoms. The minimum absolute atomic E-state index is 0.0565. The summed E-state index contributed by atoms with van der Waals surface area (Å²) in [6.07, 6.45) is 0. The van der Waals surface area contributed by atoms with Crippen LogP contribution in [0.3, 0.4) is 0 Å². The Morgan fingerprint density at radius 2 is 2.29 bits per heavy atom. The van der Waals surface area contributed by atoms with Crippen LogP contribution in [0.15, 0.2) is 23.2 Å². The maximum atomic E-state index is 13.7. The molecule has 1 amide bonds. The van der Waals surface area contributed by atoms with Crippen LogP contribution in [0, 0.1) is 5.82 Å². The largest absolute Gasteiger partial charge is 0.338 e. The molecule has 1 aromatic rings. The second kappa shape index (κ2) is 6.39. The van der Waals surface area contributed by atoms with Gasteiger partial charge in [-0.2, -0.15) is 12.6 Å². The third-order valence-electron chi connectivity index (χ3n) is 2.40. The minimum Gasteiger partial charge on any atom is -0.338 e. The van der Waals surface area contributed by atoms with Crippen molar-refractivity contribution in [2.75, 3.05) is 18.8 Å². The lowest BCUT2D eigenvalue weighted by Crippen LogP contribution is -2.33. The number of rotatable bonds is 5. The van der Waals surface area contributed by atoms with Crippen molar-refractivity contribution in [1.29, 1.82) is 0 Å². The highest BCUT2D eigenvalue weighted by atomic mass is 32.1. The standard InChI is InChI=1S/C12H15FN2OS/c1-3-15(6-7-17)12(16)10-5-4-9(14-2)8-11(10)13/h4-5,8,17H,2-3,6-7H2,1H3. The number of nitrogens with zero attached hydrogens (tertiary/aromatic N) is 2. The summed E-state index contributed by atoms with van der Waals surface area (Å²) < 4.78 is 13.7. The zero-order chi connectivity index (χ0) is 12.8. The lowest BCUT2D eigenvalue weighted by atomic mass is 10.1. The number of amides is 1. The summed E-state index contributed by atoms with van der Waals surface area (Å²) in [5, 5.41) is 0. The SMILES string of the molecule is C=Nc1ccc(C(=O)N(CC)CCS)c(F)c1. The molecule has 0 fully saturated rings. The van der Waals surface area contributed by atoms with E-state index in [0.29, 0.717) is 24.5 Å². The number of aliphatic imine (C=N–C) groups is 1. The number of hydrogen-bond acceptors (Lipinski definition) is 3. The molecule has 0 aromatic heterocycles. The lowest BCUT2D eigenvalue weighted by molar-refractivity contribution is 0.0770. The molecule has 0 saturated heterocycles. The van der Waals surface area contributed by atoms with Gasteiger partial charge in [0.25, 0.3) is 5.91 Å². The van der Waals surface area contributed by atoms with Gasteiger partial charge in [0.2, 0.25) is 0 Å². The van der Waals surface area contributed by atoms with Crippen molar-refractivity contribution >= 4 is 30.9 Å². The van der Waals surface area contributed by atoms with E-state index in [2.05, 4.69) is 24.3 Å². The Balaban J connectivity index is 2.99. The predicted molar refractivity (Wildman–Crippen MR) is 71.0 cm³/mol. The zero-order valence-electron chi connectivity index (χ0n) is 9.69. The first-order valence-electron chi connectivity index (χ1n) is 5.30. The van der Waals surface area contributed by atoms with Gasteiger partial charge in [0.05, 0.1) is 11.3 Å². The third-order valence-corrected chi connectivity index (χ3v) is 2.60. The molecule has 0 radical (unpaired) electrons. The number of hydrogen-bond donors (Lipinski definition) is 1. The molecular weight excluding hydrogens is 239 g/mol. The van der Waals surface area contributed by atoms with Crippen molar-refractivity contribution in [3.8, 4) is 0 Å². The summed E-state index contributed by atoms with van der Waals surface area (Å²) in [7, 11) is 0. The second-order valence-corrected chi connectivity index (χ2v) is 3.88. The second-order valence-electron chi connectivity index (χ2n) is 3.43. The highest BCUT2D eigenvalue weighted by Crippen LogP contribution is 2.18. The van der Waals surface area contributed by atoms with Gasteiger partial charge in [-0.1, -0.05) is 0 Å². The molecule has 5 heteroatoms. The Labute approximate surface area is 106 Å². The van der Waals surface area contributed by atoms with Crippen molar-refractivity contribution in [2.45, 2.75) is 6.92 Å². The summed E-state index contributed by atoms with van der Waals surface area (Å²) in [5.41, 5.74) is 0.470. The molecule has 1 aromatic carbocycles. The number of benzene rings is 1. The molecule has 0 N–H and O–H groups in total. The topological polar surface area (TPSA) is 32.7 Å². The third kappa shape index (κ3) is 3.30. The van der Waals surface area contributed by atoms with E-state index in [1.807, 2.05) is 6.92 Å². The van der Waals surface area contributed by atoms with Crippen molar-refractivity contribution in [3.63, 3.8) is 0 Å². The number of thiol groups is 1. The van der Waals surface area contributed by atoms with E-state index in [1.165, 1.54) is 12.1 Å². The van der Waals surface area contributed by atoms with E-state index < -0.39 is 5.82 Å². The summed E-state index contributed by atoms with van der Waals surface area (Å²) in [4.78, 5) is 17.1. The molecule has 3 nitrogen and oxygen atoms in total. The molecule has 0 heterocycles. The molecule has 0 aliphatic carbocycles. The molecule has 0 unspecified atom stereocenters. The van der Waals surface area contributed by atoms with Gasteiger partial charge < -0.3 is 4.90 Å². The Bertz CT molecular complexity index is 423. The van der Waals surface area contributed by atoms with Crippen molar-refractivity contribution < 1.29 is 9.18 Å². The number of carbonyl (C=O) groups excluding carboxylic acids is 1. The molecule has 0 saturated carbocycles. The van der Waals surface area contributed by atoms with Gasteiger partial charge in [-0.25, -0.2) is 4.39 Å². The number of halogens is 1. The fraction of sp³-hybridized carbons (Fsp3) is 0.333. The van der Waals surface area contributed by atoms with Crippen LogP contribution in [0.25, 0.3) is 0 Å².